The Hall–Kier alpha value is -1.38. The van der Waals surface area contributed by atoms with E-state index in [1.165, 1.54) is 0 Å². The van der Waals surface area contributed by atoms with Crippen LogP contribution >= 0.6 is 23.2 Å². The largest absolute Gasteiger partial charge is 0.299 e. The van der Waals surface area contributed by atoms with Gasteiger partial charge in [-0.2, -0.15) is 0 Å². The predicted octanol–water partition coefficient (Wildman–Crippen LogP) is 3.74. The summed E-state index contributed by atoms with van der Waals surface area (Å²) < 4.78 is 0. The Morgan fingerprint density at radius 1 is 1.06 bits per heavy atom. The summed E-state index contributed by atoms with van der Waals surface area (Å²) in [6.45, 7) is 0. The first-order valence-corrected chi connectivity index (χ1v) is 6.26. The maximum Gasteiger partial charge on any atom is 0.141 e. The van der Waals surface area contributed by atoms with Gasteiger partial charge in [0.15, 0.2) is 0 Å². The Morgan fingerprint density at radius 2 is 1.78 bits per heavy atom. The van der Waals surface area contributed by atoms with Crippen molar-refractivity contribution in [1.29, 1.82) is 0 Å². The molecule has 0 atom stereocenters. The van der Waals surface area contributed by atoms with E-state index in [1.54, 1.807) is 30.6 Å². The molecule has 0 bridgehead atoms. The van der Waals surface area contributed by atoms with E-state index >= 15 is 0 Å². The number of nitrogens with zero attached hydrogens (tertiary/aromatic N) is 1. The molecule has 1 heterocycles. The molecule has 0 N–H and O–H groups in total. The van der Waals surface area contributed by atoms with Crippen molar-refractivity contribution in [2.75, 3.05) is 0 Å². The van der Waals surface area contributed by atoms with Crippen LogP contribution in [0.5, 0.6) is 0 Å². The van der Waals surface area contributed by atoms with Gasteiger partial charge in [-0.25, -0.2) is 0 Å². The van der Waals surface area contributed by atoms with Crippen LogP contribution in [0.15, 0.2) is 42.7 Å². The van der Waals surface area contributed by atoms with Crippen LogP contribution < -0.4 is 0 Å². The minimum atomic E-state index is 0.0676. The third-order valence-corrected chi connectivity index (χ3v) is 3.27. The molecule has 0 aliphatic rings. The number of hydrogen-bond acceptors (Lipinski definition) is 2. The number of Topliss-reactive ketones (excluding diaryl/α,β-unsaturated/α-hetero) is 1. The molecule has 92 valence electrons. The Balaban J connectivity index is 2.08. The SMILES string of the molecule is O=C(Cc1cccnc1)Cc1c(Cl)cccc1Cl. The fourth-order valence-corrected chi connectivity index (χ4v) is 2.22. The van der Waals surface area contributed by atoms with E-state index in [-0.39, 0.29) is 12.2 Å². The van der Waals surface area contributed by atoms with Crippen LogP contribution in [0.4, 0.5) is 0 Å². The average molecular weight is 280 g/mol. The van der Waals surface area contributed by atoms with E-state index in [2.05, 4.69) is 4.98 Å². The molecule has 0 saturated carbocycles. The molecule has 0 spiro atoms. The topological polar surface area (TPSA) is 30.0 Å². The van der Waals surface area contributed by atoms with Crippen LogP contribution in [0.25, 0.3) is 0 Å². The van der Waals surface area contributed by atoms with Crippen molar-refractivity contribution in [3.63, 3.8) is 0 Å². The maximum absolute atomic E-state index is 11.9. The molecule has 4 heteroatoms. The number of pyridine rings is 1. The number of benzene rings is 1. The summed E-state index contributed by atoms with van der Waals surface area (Å²) in [7, 11) is 0. The third-order valence-electron chi connectivity index (χ3n) is 2.56. The molecule has 0 aliphatic carbocycles. The molecule has 0 fully saturated rings. The summed E-state index contributed by atoms with van der Waals surface area (Å²) in [4.78, 5) is 15.9. The fraction of sp³-hybridized carbons (Fsp3) is 0.143. The highest BCUT2D eigenvalue weighted by molar-refractivity contribution is 6.36. The molecule has 2 nitrogen and oxygen atoms in total. The van der Waals surface area contributed by atoms with E-state index in [0.29, 0.717) is 22.0 Å². The van der Waals surface area contributed by atoms with Gasteiger partial charge in [0.25, 0.3) is 0 Å². The zero-order valence-corrected chi connectivity index (χ0v) is 11.1. The van der Waals surface area contributed by atoms with E-state index in [9.17, 15) is 4.79 Å². The number of aromatic nitrogens is 1. The van der Waals surface area contributed by atoms with Gasteiger partial charge in [0.1, 0.15) is 5.78 Å². The average Bonchev–Trinajstić information content (AvgIpc) is 2.35. The Bertz CT molecular complexity index is 535. The maximum atomic E-state index is 11.9. The highest BCUT2D eigenvalue weighted by Gasteiger charge is 2.11. The second kappa shape index (κ2) is 5.98. The van der Waals surface area contributed by atoms with Gasteiger partial charge >= 0.3 is 0 Å². The lowest BCUT2D eigenvalue weighted by Crippen LogP contribution is -2.07. The zero-order chi connectivity index (χ0) is 13.0. The van der Waals surface area contributed by atoms with Gasteiger partial charge < -0.3 is 0 Å². The molecule has 2 aromatic rings. The highest BCUT2D eigenvalue weighted by Crippen LogP contribution is 2.25. The molecule has 0 saturated heterocycles. The summed E-state index contributed by atoms with van der Waals surface area (Å²) >= 11 is 12.1. The summed E-state index contributed by atoms with van der Waals surface area (Å²) in [5.74, 6) is 0.0676. The van der Waals surface area contributed by atoms with Crippen LogP contribution in [0.1, 0.15) is 11.1 Å². The van der Waals surface area contributed by atoms with Crippen molar-refractivity contribution in [3.8, 4) is 0 Å². The van der Waals surface area contributed by atoms with Crippen molar-refractivity contribution in [1.82, 2.24) is 4.98 Å². The zero-order valence-electron chi connectivity index (χ0n) is 9.57. The standard InChI is InChI=1S/C14H11Cl2NO/c15-13-4-1-5-14(16)12(13)8-11(18)7-10-3-2-6-17-9-10/h1-6,9H,7-8H2. The van der Waals surface area contributed by atoms with E-state index < -0.39 is 0 Å². The minimum absolute atomic E-state index is 0.0676. The molecule has 0 aliphatic heterocycles. The molecule has 2 rings (SSSR count). The third kappa shape index (κ3) is 3.31. The lowest BCUT2D eigenvalue weighted by atomic mass is 10.0. The molecule has 0 unspecified atom stereocenters. The monoisotopic (exact) mass is 279 g/mol. The van der Waals surface area contributed by atoms with Crippen LogP contribution in [0, 0.1) is 0 Å². The normalized spacial score (nSPS) is 10.3. The van der Waals surface area contributed by atoms with Gasteiger partial charge in [-0.3, -0.25) is 9.78 Å². The molecule has 18 heavy (non-hydrogen) atoms. The molecular formula is C14H11Cl2NO. The van der Waals surface area contributed by atoms with Gasteiger partial charge in [-0.1, -0.05) is 35.3 Å². The summed E-state index contributed by atoms with van der Waals surface area (Å²) in [6, 6.07) is 8.92. The summed E-state index contributed by atoms with van der Waals surface area (Å²) in [6.07, 6.45) is 3.95. The van der Waals surface area contributed by atoms with Gasteiger partial charge in [-0.15, -0.1) is 0 Å². The van der Waals surface area contributed by atoms with Crippen molar-refractivity contribution in [2.24, 2.45) is 0 Å². The number of carbonyl (C=O) groups excluding carboxylic acids is 1. The summed E-state index contributed by atoms with van der Waals surface area (Å²) in [5, 5.41) is 1.06. The van der Waals surface area contributed by atoms with E-state index in [0.717, 1.165) is 5.56 Å². The number of halogens is 2. The molecule has 1 aromatic carbocycles. The first kappa shape index (κ1) is 13.1. The first-order valence-electron chi connectivity index (χ1n) is 5.50. The van der Waals surface area contributed by atoms with Gasteiger partial charge in [0.05, 0.1) is 0 Å². The van der Waals surface area contributed by atoms with Gasteiger partial charge in [0, 0.05) is 35.3 Å². The Morgan fingerprint density at radius 3 is 2.39 bits per heavy atom. The molecule has 0 radical (unpaired) electrons. The van der Waals surface area contributed by atoms with Gasteiger partial charge in [0.2, 0.25) is 0 Å². The minimum Gasteiger partial charge on any atom is -0.299 e. The van der Waals surface area contributed by atoms with Crippen molar-refractivity contribution in [3.05, 3.63) is 63.9 Å². The number of carbonyl (C=O) groups is 1. The van der Waals surface area contributed by atoms with E-state index in [1.807, 2.05) is 12.1 Å². The smallest absolute Gasteiger partial charge is 0.141 e. The lowest BCUT2D eigenvalue weighted by molar-refractivity contribution is -0.117. The second-order valence-corrected chi connectivity index (χ2v) is 4.77. The Kier molecular flexibility index (Phi) is 4.34. The Labute approximate surface area is 116 Å². The van der Waals surface area contributed by atoms with Crippen LogP contribution in [0.3, 0.4) is 0 Å². The van der Waals surface area contributed by atoms with Crippen LogP contribution in [-0.2, 0) is 17.6 Å². The van der Waals surface area contributed by atoms with Crippen molar-refractivity contribution >= 4 is 29.0 Å². The second-order valence-electron chi connectivity index (χ2n) is 3.95. The summed E-state index contributed by atoms with van der Waals surface area (Å²) in [5.41, 5.74) is 1.58. The number of ketones is 1. The molecule has 1 aromatic heterocycles. The lowest BCUT2D eigenvalue weighted by Gasteiger charge is -2.06. The first-order chi connectivity index (χ1) is 8.66. The predicted molar refractivity (Wildman–Crippen MR) is 73.1 cm³/mol. The van der Waals surface area contributed by atoms with Crippen LogP contribution in [0.2, 0.25) is 10.0 Å². The number of rotatable bonds is 4. The van der Waals surface area contributed by atoms with Crippen LogP contribution in [-0.4, -0.2) is 10.8 Å². The van der Waals surface area contributed by atoms with Crippen molar-refractivity contribution < 1.29 is 4.79 Å². The molecular weight excluding hydrogens is 269 g/mol. The van der Waals surface area contributed by atoms with Gasteiger partial charge in [-0.05, 0) is 29.3 Å². The van der Waals surface area contributed by atoms with Crippen molar-refractivity contribution in [2.45, 2.75) is 12.8 Å². The molecule has 0 amide bonds. The highest BCUT2D eigenvalue weighted by atomic mass is 35.5. The number of hydrogen-bond donors (Lipinski definition) is 0. The fourth-order valence-electron chi connectivity index (χ4n) is 1.69. The van der Waals surface area contributed by atoms with E-state index in [4.69, 9.17) is 23.2 Å². The quantitative estimate of drug-likeness (QED) is 0.853.